The standard InChI is InChI=1S/C14H24BN5O5/c16-11(4-10-5-18-8-19-10)12(21)20-6-9(2-1-3-15(24)25)14(17,7-20)13(22)23/h5,8-9,11,24-25H,1-4,6-7,16-17H2,(H,18,19)(H,22,23)/t9?,11-,14?/m0/s1. The lowest BCUT2D eigenvalue weighted by atomic mass is 9.78. The molecule has 11 heteroatoms. The van der Waals surface area contributed by atoms with Crippen molar-refractivity contribution in [3.05, 3.63) is 18.2 Å². The molecular weight excluding hydrogens is 329 g/mol. The fourth-order valence-corrected chi connectivity index (χ4v) is 3.19. The van der Waals surface area contributed by atoms with Crippen LogP contribution < -0.4 is 11.5 Å². The number of nitrogens with zero attached hydrogens (tertiary/aromatic N) is 2. The number of amides is 1. The lowest BCUT2D eigenvalue weighted by molar-refractivity contribution is -0.144. The van der Waals surface area contributed by atoms with Crippen molar-refractivity contribution in [3.8, 4) is 0 Å². The van der Waals surface area contributed by atoms with Crippen molar-refractivity contribution in [2.24, 2.45) is 17.4 Å². The molecule has 0 aliphatic carbocycles. The molecule has 1 saturated heterocycles. The van der Waals surface area contributed by atoms with Gasteiger partial charge < -0.3 is 36.5 Å². The first-order valence-corrected chi connectivity index (χ1v) is 8.14. The molecule has 0 saturated carbocycles. The number of carbonyl (C=O) groups excluding carboxylic acids is 1. The summed E-state index contributed by atoms with van der Waals surface area (Å²) < 4.78 is 0. The summed E-state index contributed by atoms with van der Waals surface area (Å²) in [6, 6.07) is -0.834. The Hall–Kier alpha value is -1.95. The van der Waals surface area contributed by atoms with Gasteiger partial charge in [0.05, 0.1) is 18.1 Å². The number of hydrogen-bond donors (Lipinski definition) is 6. The van der Waals surface area contributed by atoms with Gasteiger partial charge >= 0.3 is 13.1 Å². The Labute approximate surface area is 145 Å². The molecule has 10 nitrogen and oxygen atoms in total. The van der Waals surface area contributed by atoms with E-state index in [0.717, 1.165) is 0 Å². The average Bonchev–Trinajstić information content (AvgIpc) is 3.15. The third-order valence-electron chi connectivity index (χ3n) is 4.65. The topological polar surface area (TPSA) is 179 Å². The van der Waals surface area contributed by atoms with Crippen LogP contribution in [0.3, 0.4) is 0 Å². The van der Waals surface area contributed by atoms with E-state index in [2.05, 4.69) is 9.97 Å². The predicted molar refractivity (Wildman–Crippen MR) is 89.1 cm³/mol. The highest BCUT2D eigenvalue weighted by molar-refractivity contribution is 6.40. The van der Waals surface area contributed by atoms with Crippen LogP contribution in [0.25, 0.3) is 0 Å². The molecular formula is C14H24BN5O5. The van der Waals surface area contributed by atoms with Crippen molar-refractivity contribution in [3.63, 3.8) is 0 Å². The van der Waals surface area contributed by atoms with Crippen molar-refractivity contribution in [2.75, 3.05) is 13.1 Å². The second-order valence-corrected chi connectivity index (χ2v) is 6.54. The molecule has 8 N–H and O–H groups in total. The van der Waals surface area contributed by atoms with E-state index in [1.807, 2.05) is 0 Å². The fraction of sp³-hybridized carbons (Fsp3) is 0.643. The van der Waals surface area contributed by atoms with Crippen LogP contribution in [0.1, 0.15) is 18.5 Å². The molecule has 0 spiro atoms. The number of nitrogens with two attached hydrogens (primary N) is 2. The van der Waals surface area contributed by atoms with Gasteiger partial charge in [0.15, 0.2) is 0 Å². The van der Waals surface area contributed by atoms with Gasteiger partial charge in [-0.3, -0.25) is 9.59 Å². The molecule has 1 aliphatic rings. The molecule has 1 aromatic rings. The Morgan fingerprint density at radius 1 is 1.52 bits per heavy atom. The quantitative estimate of drug-likeness (QED) is 0.284. The number of hydrogen-bond acceptors (Lipinski definition) is 7. The van der Waals surface area contributed by atoms with E-state index < -0.39 is 30.6 Å². The second kappa shape index (κ2) is 7.96. The number of aliphatic carboxylic acids is 1. The van der Waals surface area contributed by atoms with Gasteiger partial charge in [-0.2, -0.15) is 0 Å². The Balaban J connectivity index is 2.01. The molecule has 3 atom stereocenters. The summed E-state index contributed by atoms with van der Waals surface area (Å²) in [6.07, 6.45) is 4.27. The van der Waals surface area contributed by atoms with Gasteiger partial charge in [0.1, 0.15) is 5.54 Å². The van der Waals surface area contributed by atoms with Crippen molar-refractivity contribution < 1.29 is 24.7 Å². The minimum Gasteiger partial charge on any atom is -0.480 e. The third-order valence-corrected chi connectivity index (χ3v) is 4.65. The number of carboxylic acid groups (broad SMARTS) is 1. The highest BCUT2D eigenvalue weighted by atomic mass is 16.4. The molecule has 2 heterocycles. The zero-order valence-corrected chi connectivity index (χ0v) is 13.8. The molecule has 0 aromatic carbocycles. The summed E-state index contributed by atoms with van der Waals surface area (Å²) in [4.78, 5) is 32.3. The average molecular weight is 353 g/mol. The van der Waals surface area contributed by atoms with Gasteiger partial charge in [-0.05, 0) is 12.7 Å². The number of rotatable bonds is 8. The molecule has 1 aromatic heterocycles. The lowest BCUT2D eigenvalue weighted by Gasteiger charge is -2.25. The summed E-state index contributed by atoms with van der Waals surface area (Å²) >= 11 is 0. The molecule has 25 heavy (non-hydrogen) atoms. The zero-order chi connectivity index (χ0) is 18.6. The van der Waals surface area contributed by atoms with Gasteiger partial charge in [-0.15, -0.1) is 0 Å². The predicted octanol–water partition coefficient (Wildman–Crippen LogP) is -2.23. The van der Waals surface area contributed by atoms with E-state index in [-0.39, 0.29) is 31.7 Å². The lowest BCUT2D eigenvalue weighted by Crippen LogP contribution is -2.55. The van der Waals surface area contributed by atoms with Crippen molar-refractivity contribution >= 4 is 19.0 Å². The maximum atomic E-state index is 12.5. The van der Waals surface area contributed by atoms with Crippen LogP contribution in [0.4, 0.5) is 0 Å². The summed E-state index contributed by atoms with van der Waals surface area (Å²) in [7, 11) is -1.45. The van der Waals surface area contributed by atoms with Crippen molar-refractivity contribution in [1.29, 1.82) is 0 Å². The third kappa shape index (κ3) is 4.57. The number of nitrogens with one attached hydrogen (secondary N) is 1. The van der Waals surface area contributed by atoms with Crippen LogP contribution in [-0.4, -0.2) is 73.7 Å². The molecule has 2 unspecified atom stereocenters. The van der Waals surface area contributed by atoms with Crippen LogP contribution >= 0.6 is 0 Å². The first-order valence-electron chi connectivity index (χ1n) is 8.14. The Morgan fingerprint density at radius 2 is 2.24 bits per heavy atom. The van der Waals surface area contributed by atoms with E-state index in [4.69, 9.17) is 21.5 Å². The van der Waals surface area contributed by atoms with Crippen molar-refractivity contribution in [2.45, 2.75) is 37.2 Å². The maximum absolute atomic E-state index is 12.5. The van der Waals surface area contributed by atoms with Crippen LogP contribution in [0.5, 0.6) is 0 Å². The van der Waals surface area contributed by atoms with E-state index in [9.17, 15) is 14.7 Å². The number of imidazole rings is 1. The van der Waals surface area contributed by atoms with Gasteiger partial charge in [0, 0.05) is 31.6 Å². The van der Waals surface area contributed by atoms with Crippen LogP contribution in [0.2, 0.25) is 6.32 Å². The van der Waals surface area contributed by atoms with Crippen LogP contribution in [0.15, 0.2) is 12.5 Å². The van der Waals surface area contributed by atoms with Gasteiger partial charge in [-0.1, -0.05) is 6.42 Å². The minimum absolute atomic E-state index is 0.123. The molecule has 138 valence electrons. The van der Waals surface area contributed by atoms with E-state index in [1.54, 1.807) is 6.20 Å². The number of carboxylic acids is 1. The Morgan fingerprint density at radius 3 is 2.80 bits per heavy atom. The zero-order valence-electron chi connectivity index (χ0n) is 13.8. The number of aromatic amines is 1. The SMILES string of the molecule is N[C@@H](Cc1c[nH]cn1)C(=O)N1CC(CCCB(O)O)C(N)(C(=O)O)C1. The normalized spacial score (nSPS) is 24.3. The highest BCUT2D eigenvalue weighted by Gasteiger charge is 2.50. The summed E-state index contributed by atoms with van der Waals surface area (Å²) in [5.41, 5.74) is 11.1. The highest BCUT2D eigenvalue weighted by Crippen LogP contribution is 2.31. The second-order valence-electron chi connectivity index (χ2n) is 6.54. The summed E-state index contributed by atoms with van der Waals surface area (Å²) in [5, 5.41) is 27.3. The monoisotopic (exact) mass is 353 g/mol. The smallest absolute Gasteiger partial charge is 0.451 e. The summed E-state index contributed by atoms with van der Waals surface area (Å²) in [5.74, 6) is -2.03. The summed E-state index contributed by atoms with van der Waals surface area (Å²) in [6.45, 7) is 0.0548. The fourth-order valence-electron chi connectivity index (χ4n) is 3.19. The van der Waals surface area contributed by atoms with Gasteiger partial charge in [0.2, 0.25) is 5.91 Å². The van der Waals surface area contributed by atoms with E-state index in [0.29, 0.717) is 18.5 Å². The molecule has 0 radical (unpaired) electrons. The molecule has 1 fully saturated rings. The first-order chi connectivity index (χ1) is 11.7. The molecule has 1 amide bonds. The first kappa shape index (κ1) is 19.4. The van der Waals surface area contributed by atoms with Gasteiger partial charge in [0.25, 0.3) is 0 Å². The van der Waals surface area contributed by atoms with E-state index >= 15 is 0 Å². The Bertz CT molecular complexity index is 598. The number of carbonyl (C=O) groups is 2. The number of aromatic nitrogens is 2. The maximum Gasteiger partial charge on any atom is 0.451 e. The van der Waals surface area contributed by atoms with Crippen molar-refractivity contribution in [1.82, 2.24) is 14.9 Å². The largest absolute Gasteiger partial charge is 0.480 e. The minimum atomic E-state index is -1.57. The van der Waals surface area contributed by atoms with Crippen LogP contribution in [0, 0.1) is 5.92 Å². The van der Waals surface area contributed by atoms with Crippen LogP contribution in [-0.2, 0) is 16.0 Å². The molecule has 1 aliphatic heterocycles. The molecule has 0 bridgehead atoms. The van der Waals surface area contributed by atoms with E-state index in [1.165, 1.54) is 11.2 Å². The Kier molecular flexibility index (Phi) is 6.17. The molecule has 2 rings (SSSR count). The number of likely N-dealkylation sites (tertiary alicyclic amines) is 1. The van der Waals surface area contributed by atoms with Gasteiger partial charge in [-0.25, -0.2) is 4.98 Å². The number of H-pyrrole nitrogens is 1.